The molecule has 1 N–H and O–H groups in total. The Labute approximate surface area is 108 Å². The average Bonchev–Trinajstić information content (AvgIpc) is 2.93. The normalized spacial score (nSPS) is 11.2. The zero-order valence-corrected chi connectivity index (χ0v) is 10.7. The second-order valence-corrected chi connectivity index (χ2v) is 4.52. The van der Waals surface area contributed by atoms with E-state index in [9.17, 15) is 0 Å². The molecule has 0 saturated carbocycles. The fraction of sp³-hybridized carbons (Fsp3) is 0.273. The van der Waals surface area contributed by atoms with Gasteiger partial charge >= 0.3 is 0 Å². The van der Waals surface area contributed by atoms with Crippen LogP contribution in [-0.2, 0) is 13.1 Å². The van der Waals surface area contributed by atoms with Crippen LogP contribution in [0.4, 0.5) is 0 Å². The Balaban J connectivity index is 1.96. The second kappa shape index (κ2) is 4.34. The van der Waals surface area contributed by atoms with E-state index in [0.29, 0.717) is 4.77 Å². The van der Waals surface area contributed by atoms with E-state index in [0.717, 1.165) is 29.8 Å². The summed E-state index contributed by atoms with van der Waals surface area (Å²) in [6.07, 6.45) is 5.34. The number of fused-ring (bicyclic) bond motifs is 1. The van der Waals surface area contributed by atoms with Crippen molar-refractivity contribution in [2.24, 2.45) is 0 Å². The lowest BCUT2D eigenvalue weighted by molar-refractivity contribution is 0.521. The molecule has 0 aliphatic carbocycles. The fourth-order valence-corrected chi connectivity index (χ4v) is 2.20. The Morgan fingerprint density at radius 3 is 3.06 bits per heavy atom. The minimum atomic E-state index is 0.684. The number of rotatable bonds is 3. The van der Waals surface area contributed by atoms with Crippen LogP contribution in [0.3, 0.4) is 0 Å². The van der Waals surface area contributed by atoms with E-state index >= 15 is 0 Å². The smallest absolute Gasteiger partial charge is 0.179 e. The van der Waals surface area contributed by atoms with Crippen molar-refractivity contribution in [3.05, 3.63) is 35.0 Å². The maximum Gasteiger partial charge on any atom is 0.179 e. The molecule has 0 atom stereocenters. The molecule has 0 bridgehead atoms. The highest BCUT2D eigenvalue weighted by molar-refractivity contribution is 7.71. The zero-order chi connectivity index (χ0) is 12.5. The average molecular weight is 260 g/mol. The Morgan fingerprint density at radius 2 is 2.28 bits per heavy atom. The monoisotopic (exact) mass is 260 g/mol. The minimum Gasteiger partial charge on any atom is -0.329 e. The Bertz CT molecular complexity index is 724. The standard InChI is InChI=1S/C11H12N6S/c1-8-6-9-10(12-7-8)17(11(18)14-9)5-4-16-3-2-13-15-16/h2-3,6-7H,4-5H2,1H3,(H,14,18). The topological polar surface area (TPSA) is 64.3 Å². The van der Waals surface area contributed by atoms with Gasteiger partial charge in [-0.2, -0.15) is 0 Å². The van der Waals surface area contributed by atoms with Crippen molar-refractivity contribution >= 4 is 23.4 Å². The molecule has 3 rings (SSSR count). The maximum atomic E-state index is 5.31. The van der Waals surface area contributed by atoms with Crippen LogP contribution in [0.1, 0.15) is 5.56 Å². The minimum absolute atomic E-state index is 0.684. The number of nitrogens with zero attached hydrogens (tertiary/aromatic N) is 5. The maximum absolute atomic E-state index is 5.31. The fourth-order valence-electron chi connectivity index (χ4n) is 1.91. The molecule has 0 aromatic carbocycles. The first-order valence-electron chi connectivity index (χ1n) is 5.63. The number of aryl methyl sites for hydroxylation is 3. The van der Waals surface area contributed by atoms with Crippen molar-refractivity contribution in [1.82, 2.24) is 29.5 Å². The molecule has 0 spiro atoms. The Hall–Kier alpha value is -2.02. The second-order valence-electron chi connectivity index (χ2n) is 4.13. The molecule has 92 valence electrons. The first kappa shape index (κ1) is 11.1. The molecule has 0 fully saturated rings. The lowest BCUT2D eigenvalue weighted by atomic mass is 10.3. The SMILES string of the molecule is Cc1cnc2c(c1)[nH]c(=S)n2CCn1ccnn1. The van der Waals surface area contributed by atoms with E-state index in [4.69, 9.17) is 12.2 Å². The van der Waals surface area contributed by atoms with Crippen LogP contribution in [0.15, 0.2) is 24.7 Å². The molecular formula is C11H12N6S. The summed E-state index contributed by atoms with van der Waals surface area (Å²) in [6, 6.07) is 2.05. The molecule has 0 amide bonds. The van der Waals surface area contributed by atoms with E-state index < -0.39 is 0 Å². The van der Waals surface area contributed by atoms with Crippen LogP contribution in [-0.4, -0.2) is 29.5 Å². The van der Waals surface area contributed by atoms with Crippen LogP contribution in [0.5, 0.6) is 0 Å². The van der Waals surface area contributed by atoms with Gasteiger partial charge in [0.15, 0.2) is 10.4 Å². The highest BCUT2D eigenvalue weighted by Gasteiger charge is 2.05. The summed E-state index contributed by atoms with van der Waals surface area (Å²) >= 11 is 5.31. The van der Waals surface area contributed by atoms with Crippen molar-refractivity contribution in [3.8, 4) is 0 Å². The number of hydrogen-bond donors (Lipinski definition) is 1. The third kappa shape index (κ3) is 1.92. The molecule has 0 aliphatic rings. The highest BCUT2D eigenvalue weighted by Crippen LogP contribution is 2.12. The predicted molar refractivity (Wildman–Crippen MR) is 69.7 cm³/mol. The quantitative estimate of drug-likeness (QED) is 0.728. The largest absolute Gasteiger partial charge is 0.329 e. The molecule has 3 heterocycles. The van der Waals surface area contributed by atoms with E-state index in [-0.39, 0.29) is 0 Å². The first-order valence-corrected chi connectivity index (χ1v) is 6.04. The number of aromatic nitrogens is 6. The molecule has 7 heteroatoms. The Kier molecular flexibility index (Phi) is 2.67. The van der Waals surface area contributed by atoms with E-state index in [1.165, 1.54) is 0 Å². The lowest BCUT2D eigenvalue weighted by Crippen LogP contribution is -2.08. The van der Waals surface area contributed by atoms with Crippen LogP contribution >= 0.6 is 12.2 Å². The number of hydrogen-bond acceptors (Lipinski definition) is 4. The van der Waals surface area contributed by atoms with Crippen molar-refractivity contribution in [2.75, 3.05) is 0 Å². The van der Waals surface area contributed by atoms with E-state index in [1.807, 2.05) is 30.0 Å². The lowest BCUT2D eigenvalue weighted by Gasteiger charge is -2.03. The summed E-state index contributed by atoms with van der Waals surface area (Å²) in [4.78, 5) is 7.59. The summed E-state index contributed by atoms with van der Waals surface area (Å²) in [6.45, 7) is 3.45. The number of nitrogens with one attached hydrogen (secondary N) is 1. The van der Waals surface area contributed by atoms with Gasteiger partial charge in [0.25, 0.3) is 0 Å². The summed E-state index contributed by atoms with van der Waals surface area (Å²) in [7, 11) is 0. The van der Waals surface area contributed by atoms with Gasteiger partial charge in [-0.05, 0) is 30.8 Å². The molecule has 0 radical (unpaired) electrons. The molecular weight excluding hydrogens is 248 g/mol. The van der Waals surface area contributed by atoms with Crippen molar-refractivity contribution < 1.29 is 0 Å². The molecule has 3 aromatic heterocycles. The van der Waals surface area contributed by atoms with Gasteiger partial charge in [-0.15, -0.1) is 5.10 Å². The van der Waals surface area contributed by atoms with Crippen LogP contribution < -0.4 is 0 Å². The van der Waals surface area contributed by atoms with Crippen LogP contribution in [0, 0.1) is 11.7 Å². The number of H-pyrrole nitrogens is 1. The van der Waals surface area contributed by atoms with Gasteiger partial charge < -0.3 is 4.98 Å². The number of imidazole rings is 1. The van der Waals surface area contributed by atoms with E-state index in [2.05, 4.69) is 20.3 Å². The molecule has 0 saturated heterocycles. The van der Waals surface area contributed by atoms with Gasteiger partial charge in [-0.1, -0.05) is 5.21 Å². The van der Waals surface area contributed by atoms with Crippen molar-refractivity contribution in [3.63, 3.8) is 0 Å². The molecule has 0 aliphatic heterocycles. The van der Waals surface area contributed by atoms with Gasteiger partial charge in [0.05, 0.1) is 18.3 Å². The van der Waals surface area contributed by atoms with Gasteiger partial charge in [-0.25, -0.2) is 4.98 Å². The molecule has 0 unspecified atom stereocenters. The summed E-state index contributed by atoms with van der Waals surface area (Å²) < 4.78 is 4.43. The summed E-state index contributed by atoms with van der Waals surface area (Å²) in [5.41, 5.74) is 2.96. The van der Waals surface area contributed by atoms with Crippen LogP contribution in [0.25, 0.3) is 11.2 Å². The highest BCUT2D eigenvalue weighted by atomic mass is 32.1. The van der Waals surface area contributed by atoms with Crippen molar-refractivity contribution in [1.29, 1.82) is 0 Å². The van der Waals surface area contributed by atoms with Crippen LogP contribution in [0.2, 0.25) is 0 Å². The molecule has 3 aromatic rings. The Morgan fingerprint density at radius 1 is 1.39 bits per heavy atom. The first-order chi connectivity index (χ1) is 8.74. The van der Waals surface area contributed by atoms with Gasteiger partial charge in [-0.3, -0.25) is 9.25 Å². The zero-order valence-electron chi connectivity index (χ0n) is 9.87. The molecule has 6 nitrogen and oxygen atoms in total. The third-order valence-corrected chi connectivity index (χ3v) is 3.09. The predicted octanol–water partition coefficient (Wildman–Crippen LogP) is 1.69. The number of pyridine rings is 1. The number of aromatic amines is 1. The third-order valence-electron chi connectivity index (χ3n) is 2.77. The van der Waals surface area contributed by atoms with Gasteiger partial charge in [0.2, 0.25) is 0 Å². The summed E-state index contributed by atoms with van der Waals surface area (Å²) in [5, 5.41) is 7.70. The van der Waals surface area contributed by atoms with Crippen molar-refractivity contribution in [2.45, 2.75) is 20.0 Å². The molecule has 18 heavy (non-hydrogen) atoms. The van der Waals surface area contributed by atoms with Gasteiger partial charge in [0, 0.05) is 18.9 Å². The summed E-state index contributed by atoms with van der Waals surface area (Å²) in [5.74, 6) is 0. The van der Waals surface area contributed by atoms with Gasteiger partial charge in [0.1, 0.15) is 0 Å². The van der Waals surface area contributed by atoms with E-state index in [1.54, 1.807) is 10.9 Å².